The van der Waals surface area contributed by atoms with Crippen molar-refractivity contribution in [3.8, 4) is 0 Å². The molecule has 0 bridgehead atoms. The lowest BCUT2D eigenvalue weighted by Gasteiger charge is -2.19. The van der Waals surface area contributed by atoms with E-state index >= 15 is 0 Å². The minimum absolute atomic E-state index is 0.151. The zero-order valence-corrected chi connectivity index (χ0v) is 27.7. The molecule has 3 aromatic rings. The molecule has 5 N–H and O–H groups in total. The number of aldehydes is 1. The molecule has 1 aliphatic heterocycles. The molecule has 3 atom stereocenters. The second-order valence-corrected chi connectivity index (χ2v) is 12.6. The summed E-state index contributed by atoms with van der Waals surface area (Å²) in [5.41, 5.74) is 10.2. The number of aliphatic carboxylic acids is 1. The summed E-state index contributed by atoms with van der Waals surface area (Å²) in [6, 6.07) is -0.303. The average Bonchev–Trinajstić information content (AvgIpc) is 3.77. The number of ether oxygens (including phenoxy) is 1. The van der Waals surface area contributed by atoms with Gasteiger partial charge in [-0.3, -0.25) is 24.0 Å². The maximum absolute atomic E-state index is 14.1. The minimum atomic E-state index is -1.17. The van der Waals surface area contributed by atoms with Gasteiger partial charge >= 0.3 is 11.9 Å². The quantitative estimate of drug-likeness (QED) is 0.103. The van der Waals surface area contributed by atoms with Gasteiger partial charge in [0, 0.05) is 58.9 Å². The van der Waals surface area contributed by atoms with Crippen LogP contribution in [-0.4, -0.2) is 63.1 Å². The molecule has 1 amide bonds. The van der Waals surface area contributed by atoms with Crippen LogP contribution in [-0.2, 0) is 44.8 Å². The second kappa shape index (κ2) is 13.1. The number of esters is 1. The first kappa shape index (κ1) is 33.4. The fourth-order valence-electron chi connectivity index (χ4n) is 7.42. The van der Waals surface area contributed by atoms with Crippen molar-refractivity contribution in [2.75, 3.05) is 7.11 Å². The summed E-state index contributed by atoms with van der Waals surface area (Å²) >= 11 is 0. The number of ketones is 1. The summed E-state index contributed by atoms with van der Waals surface area (Å²) < 4.78 is 5.14. The van der Waals surface area contributed by atoms with Gasteiger partial charge in [-0.25, -0.2) is 0 Å². The Morgan fingerprint density at radius 3 is 2.23 bits per heavy atom. The standard InChI is InChI=1S/C36H42N4O7/c1-8-10-21-17(4)27(15-41)37-26(21)14-25-19(6)29-33(39-25)30(31(34(29)44)36(46)47-7)32-22(11-12-28(42)43)18(5)23(38-32)13-24-16(3)20(9-2)35(45)40-24/h9,15,24,30-31,37-39H,2,8,10-14H2,1,3-7H3,(H,40,45)(H,42,43). The zero-order chi connectivity index (χ0) is 34.3. The van der Waals surface area contributed by atoms with Gasteiger partial charge in [-0.05, 0) is 73.9 Å². The third-order valence-corrected chi connectivity index (χ3v) is 10.0. The first-order valence-electron chi connectivity index (χ1n) is 15.9. The normalized spacial score (nSPS) is 18.9. The molecule has 0 aromatic carbocycles. The molecule has 0 radical (unpaired) electrons. The van der Waals surface area contributed by atoms with Crippen molar-refractivity contribution in [3.05, 3.63) is 91.3 Å². The number of carbonyl (C=O) groups is 5. The second-order valence-electron chi connectivity index (χ2n) is 12.6. The molecule has 4 heterocycles. The van der Waals surface area contributed by atoms with Crippen LogP contribution in [0.25, 0.3) is 0 Å². The van der Waals surface area contributed by atoms with Gasteiger partial charge in [0.05, 0.1) is 24.8 Å². The van der Waals surface area contributed by atoms with E-state index in [9.17, 15) is 29.1 Å². The van der Waals surface area contributed by atoms with E-state index < -0.39 is 23.8 Å². The number of carbonyl (C=O) groups excluding carboxylic acids is 4. The predicted octanol–water partition coefficient (Wildman–Crippen LogP) is 4.63. The van der Waals surface area contributed by atoms with Crippen molar-refractivity contribution >= 4 is 29.9 Å². The number of hydrogen-bond donors (Lipinski definition) is 5. The van der Waals surface area contributed by atoms with E-state index in [-0.39, 0.29) is 30.6 Å². The molecule has 0 fully saturated rings. The van der Waals surface area contributed by atoms with Gasteiger partial charge in [0.25, 0.3) is 5.91 Å². The summed E-state index contributed by atoms with van der Waals surface area (Å²) in [6.45, 7) is 13.4. The maximum atomic E-state index is 14.1. The van der Waals surface area contributed by atoms with Crippen LogP contribution in [0.2, 0.25) is 0 Å². The molecular formula is C36H42N4O7. The Labute approximate surface area is 273 Å². The first-order valence-corrected chi connectivity index (χ1v) is 15.9. The van der Waals surface area contributed by atoms with Gasteiger partial charge in [0.2, 0.25) is 0 Å². The summed E-state index contributed by atoms with van der Waals surface area (Å²) in [7, 11) is 1.25. The van der Waals surface area contributed by atoms with E-state index in [1.54, 1.807) is 0 Å². The molecule has 5 rings (SSSR count). The molecule has 248 valence electrons. The average molecular weight is 643 g/mol. The van der Waals surface area contributed by atoms with Crippen LogP contribution >= 0.6 is 0 Å². The predicted molar refractivity (Wildman–Crippen MR) is 175 cm³/mol. The smallest absolute Gasteiger partial charge is 0.317 e. The summed E-state index contributed by atoms with van der Waals surface area (Å²) in [4.78, 5) is 73.6. The van der Waals surface area contributed by atoms with Crippen molar-refractivity contribution in [2.24, 2.45) is 5.92 Å². The summed E-state index contributed by atoms with van der Waals surface area (Å²) in [6.07, 6.45) is 4.88. The van der Waals surface area contributed by atoms with Crippen LogP contribution in [0.3, 0.4) is 0 Å². The van der Waals surface area contributed by atoms with Gasteiger partial charge in [0.15, 0.2) is 12.1 Å². The van der Waals surface area contributed by atoms with Crippen LogP contribution in [0, 0.1) is 26.7 Å². The van der Waals surface area contributed by atoms with Crippen molar-refractivity contribution in [2.45, 2.75) is 85.1 Å². The number of carboxylic acids is 1. The lowest BCUT2D eigenvalue weighted by Crippen LogP contribution is -2.30. The first-order chi connectivity index (χ1) is 22.4. The molecule has 47 heavy (non-hydrogen) atoms. The number of hydrogen-bond acceptors (Lipinski definition) is 6. The molecule has 3 aromatic heterocycles. The molecular weight excluding hydrogens is 600 g/mol. The molecule has 0 saturated carbocycles. The number of H-pyrrole nitrogens is 3. The Kier molecular flexibility index (Phi) is 9.29. The SMILES string of the molecule is C=CC1=C(C)C(Cc2[nH]c(C3c4[nH]c(Cc5[nH]c(C=O)c(C)c5CCC)c(C)c4C(=O)C3C(=O)OC)c(CCC(=O)O)c2C)NC1=O. The van der Waals surface area contributed by atoms with Gasteiger partial charge < -0.3 is 30.1 Å². The Balaban J connectivity index is 1.64. The van der Waals surface area contributed by atoms with Crippen molar-refractivity contribution in [3.63, 3.8) is 0 Å². The number of nitrogens with one attached hydrogen (secondary N) is 4. The number of aromatic nitrogens is 3. The number of Topliss-reactive ketones (excluding diaryl/α,β-unsaturated/α-hetero) is 1. The topological polar surface area (TPSA) is 174 Å². The zero-order valence-electron chi connectivity index (χ0n) is 27.7. The van der Waals surface area contributed by atoms with Crippen LogP contribution in [0.5, 0.6) is 0 Å². The largest absolute Gasteiger partial charge is 0.481 e. The van der Waals surface area contributed by atoms with E-state index in [4.69, 9.17) is 4.74 Å². The third-order valence-electron chi connectivity index (χ3n) is 10.0. The molecule has 3 unspecified atom stereocenters. The number of carboxylic acid groups (broad SMARTS) is 1. The number of methoxy groups -OCH3 is 1. The number of fused-ring (bicyclic) bond motifs is 1. The lowest BCUT2D eigenvalue weighted by atomic mass is 9.87. The molecule has 1 aliphatic carbocycles. The molecule has 0 spiro atoms. The summed E-state index contributed by atoms with van der Waals surface area (Å²) in [5, 5.41) is 12.6. The highest BCUT2D eigenvalue weighted by Crippen LogP contribution is 2.47. The Hall–Kier alpha value is -4.93. The Morgan fingerprint density at radius 1 is 0.936 bits per heavy atom. The van der Waals surface area contributed by atoms with Crippen molar-refractivity contribution < 1.29 is 33.8 Å². The van der Waals surface area contributed by atoms with Gasteiger partial charge in [0.1, 0.15) is 5.92 Å². The fraction of sp³-hybridized carbons (Fsp3) is 0.417. The van der Waals surface area contributed by atoms with Gasteiger partial charge in [-0.2, -0.15) is 0 Å². The van der Waals surface area contributed by atoms with Crippen LogP contribution in [0.1, 0.15) is 110 Å². The van der Waals surface area contributed by atoms with E-state index in [0.717, 1.165) is 58.5 Å². The highest BCUT2D eigenvalue weighted by molar-refractivity contribution is 6.14. The van der Waals surface area contributed by atoms with E-state index in [1.807, 2.05) is 27.7 Å². The van der Waals surface area contributed by atoms with E-state index in [0.29, 0.717) is 52.2 Å². The Bertz CT molecular complexity index is 1850. The number of rotatable bonds is 13. The minimum Gasteiger partial charge on any atom is -0.481 e. The molecule has 2 aliphatic rings. The van der Waals surface area contributed by atoms with E-state index in [2.05, 4.69) is 33.8 Å². The molecule has 11 nitrogen and oxygen atoms in total. The highest BCUT2D eigenvalue weighted by atomic mass is 16.5. The van der Waals surface area contributed by atoms with Crippen LogP contribution in [0.15, 0.2) is 23.8 Å². The molecule has 11 heteroatoms. The van der Waals surface area contributed by atoms with Crippen LogP contribution in [0.4, 0.5) is 0 Å². The number of amides is 1. The lowest BCUT2D eigenvalue weighted by molar-refractivity contribution is -0.144. The van der Waals surface area contributed by atoms with Gasteiger partial charge in [-0.15, -0.1) is 0 Å². The molecule has 0 saturated heterocycles. The fourth-order valence-corrected chi connectivity index (χ4v) is 7.42. The monoisotopic (exact) mass is 642 g/mol. The van der Waals surface area contributed by atoms with Crippen molar-refractivity contribution in [1.29, 1.82) is 0 Å². The van der Waals surface area contributed by atoms with Crippen molar-refractivity contribution in [1.82, 2.24) is 20.3 Å². The third kappa shape index (κ3) is 5.68. The maximum Gasteiger partial charge on any atom is 0.317 e. The summed E-state index contributed by atoms with van der Waals surface area (Å²) in [5.74, 6) is -4.17. The van der Waals surface area contributed by atoms with Crippen LogP contribution < -0.4 is 5.32 Å². The van der Waals surface area contributed by atoms with E-state index in [1.165, 1.54) is 13.2 Å². The van der Waals surface area contributed by atoms with Gasteiger partial charge in [-0.1, -0.05) is 26.0 Å². The highest BCUT2D eigenvalue weighted by Gasteiger charge is 2.50. The Morgan fingerprint density at radius 2 is 1.64 bits per heavy atom. The number of aromatic amines is 3.